The molecule has 0 amide bonds. The molecule has 0 aromatic carbocycles. The van der Waals surface area contributed by atoms with Crippen LogP contribution in [0.25, 0.3) is 0 Å². The Morgan fingerprint density at radius 2 is 2.21 bits per heavy atom. The van der Waals surface area contributed by atoms with Crippen LogP contribution in [0.4, 0.5) is 5.95 Å². The Morgan fingerprint density at radius 1 is 1.32 bits per heavy atom. The van der Waals surface area contributed by atoms with Gasteiger partial charge < -0.3 is 10.1 Å². The van der Waals surface area contributed by atoms with Crippen molar-refractivity contribution >= 4 is 5.95 Å². The monoisotopic (exact) mass is 258 g/mol. The highest BCUT2D eigenvalue weighted by molar-refractivity contribution is 5.30. The van der Waals surface area contributed by atoms with Crippen molar-refractivity contribution in [2.75, 3.05) is 18.5 Å². The summed E-state index contributed by atoms with van der Waals surface area (Å²) in [5, 5.41) is 3.20. The molecule has 1 N–H and O–H groups in total. The van der Waals surface area contributed by atoms with Crippen LogP contribution < -0.4 is 10.1 Å². The highest BCUT2D eigenvalue weighted by Gasteiger charge is 2.02. The van der Waals surface area contributed by atoms with Crippen LogP contribution in [-0.4, -0.2) is 28.1 Å². The van der Waals surface area contributed by atoms with Crippen molar-refractivity contribution in [3.63, 3.8) is 0 Å². The maximum absolute atomic E-state index is 5.39. The lowest BCUT2D eigenvalue weighted by atomic mass is 10.2. The summed E-state index contributed by atoms with van der Waals surface area (Å²) in [6, 6.07) is 5.82. The average Bonchev–Trinajstić information content (AvgIpc) is 2.40. The van der Waals surface area contributed by atoms with Gasteiger partial charge in [0.15, 0.2) is 0 Å². The van der Waals surface area contributed by atoms with Crippen molar-refractivity contribution in [2.45, 2.75) is 20.3 Å². The van der Waals surface area contributed by atoms with Crippen molar-refractivity contribution in [3.8, 4) is 5.88 Å². The molecule has 2 rings (SSSR count). The van der Waals surface area contributed by atoms with E-state index < -0.39 is 0 Å². The topological polar surface area (TPSA) is 59.9 Å². The number of pyridine rings is 1. The fraction of sp³-hybridized carbons (Fsp3) is 0.357. The normalized spacial score (nSPS) is 10.2. The first-order valence-corrected chi connectivity index (χ1v) is 6.39. The van der Waals surface area contributed by atoms with Crippen molar-refractivity contribution in [2.24, 2.45) is 0 Å². The minimum Gasteiger partial charge on any atom is -0.478 e. The van der Waals surface area contributed by atoms with Crippen LogP contribution >= 0.6 is 0 Å². The van der Waals surface area contributed by atoms with Crippen LogP contribution in [0.15, 0.2) is 30.6 Å². The Kier molecular flexibility index (Phi) is 4.66. The van der Waals surface area contributed by atoms with Crippen LogP contribution in [0, 0.1) is 6.92 Å². The number of aromatic nitrogens is 3. The fourth-order valence-corrected chi connectivity index (χ4v) is 1.71. The summed E-state index contributed by atoms with van der Waals surface area (Å²) in [7, 11) is 0. The summed E-state index contributed by atoms with van der Waals surface area (Å²) < 4.78 is 5.39. The quantitative estimate of drug-likeness (QED) is 0.861. The number of nitrogens with zero attached hydrogens (tertiary/aromatic N) is 3. The van der Waals surface area contributed by atoms with Gasteiger partial charge in [0.25, 0.3) is 0 Å². The minimum absolute atomic E-state index is 0.603. The Hall–Kier alpha value is -2.17. The van der Waals surface area contributed by atoms with E-state index in [-0.39, 0.29) is 0 Å². The summed E-state index contributed by atoms with van der Waals surface area (Å²) >= 11 is 0. The molecular formula is C14H18N4O. The molecule has 5 heteroatoms. The Labute approximate surface area is 113 Å². The number of nitrogens with one attached hydrogen (secondary N) is 1. The minimum atomic E-state index is 0.603. The molecule has 0 saturated carbocycles. The highest BCUT2D eigenvalue weighted by atomic mass is 16.5. The van der Waals surface area contributed by atoms with E-state index in [1.54, 1.807) is 6.20 Å². The van der Waals surface area contributed by atoms with Crippen LogP contribution in [0.1, 0.15) is 18.2 Å². The van der Waals surface area contributed by atoms with E-state index in [0.717, 1.165) is 18.7 Å². The molecule has 0 bridgehead atoms. The number of hydrogen-bond acceptors (Lipinski definition) is 5. The van der Waals surface area contributed by atoms with Gasteiger partial charge in [-0.15, -0.1) is 0 Å². The fourth-order valence-electron chi connectivity index (χ4n) is 1.71. The highest BCUT2D eigenvalue weighted by Crippen LogP contribution is 2.11. The van der Waals surface area contributed by atoms with Gasteiger partial charge in [-0.1, -0.05) is 6.07 Å². The lowest BCUT2D eigenvalue weighted by Gasteiger charge is -2.08. The molecule has 0 fully saturated rings. The summed E-state index contributed by atoms with van der Waals surface area (Å²) in [5.41, 5.74) is 2.08. The van der Waals surface area contributed by atoms with Gasteiger partial charge >= 0.3 is 0 Å². The van der Waals surface area contributed by atoms with Gasteiger partial charge in [0.05, 0.1) is 6.61 Å². The van der Waals surface area contributed by atoms with E-state index in [4.69, 9.17) is 4.74 Å². The predicted molar refractivity (Wildman–Crippen MR) is 74.4 cm³/mol. The number of ether oxygens (including phenoxy) is 1. The summed E-state index contributed by atoms with van der Waals surface area (Å²) in [6.07, 6.45) is 4.52. The van der Waals surface area contributed by atoms with Gasteiger partial charge in [-0.25, -0.2) is 4.98 Å². The predicted octanol–water partition coefficient (Wildman–Crippen LogP) is 2.23. The van der Waals surface area contributed by atoms with E-state index >= 15 is 0 Å². The lowest BCUT2D eigenvalue weighted by Crippen LogP contribution is -2.09. The molecule has 100 valence electrons. The van der Waals surface area contributed by atoms with Gasteiger partial charge in [0, 0.05) is 30.7 Å². The molecule has 2 aromatic rings. The third-order valence-electron chi connectivity index (χ3n) is 2.54. The third kappa shape index (κ3) is 4.21. The zero-order chi connectivity index (χ0) is 13.5. The summed E-state index contributed by atoms with van der Waals surface area (Å²) in [6.45, 7) is 5.23. The molecule has 0 spiro atoms. The number of aryl methyl sites for hydroxylation is 1. The maximum Gasteiger partial charge on any atom is 0.226 e. The molecule has 2 heterocycles. The first kappa shape index (κ1) is 13.3. The summed E-state index contributed by atoms with van der Waals surface area (Å²) in [5.74, 6) is 1.21. The largest absolute Gasteiger partial charge is 0.478 e. The van der Waals surface area contributed by atoms with E-state index in [1.165, 1.54) is 5.56 Å². The van der Waals surface area contributed by atoms with Crippen LogP contribution in [-0.2, 0) is 6.42 Å². The molecule has 2 aromatic heterocycles. The number of anilines is 1. The van der Waals surface area contributed by atoms with Crippen LogP contribution in [0.2, 0.25) is 0 Å². The molecule has 0 aliphatic carbocycles. The van der Waals surface area contributed by atoms with E-state index in [2.05, 4.69) is 26.3 Å². The molecule has 0 radical (unpaired) electrons. The van der Waals surface area contributed by atoms with Gasteiger partial charge in [0.2, 0.25) is 11.8 Å². The Morgan fingerprint density at radius 3 is 2.95 bits per heavy atom. The molecule has 0 saturated heterocycles. The van der Waals surface area contributed by atoms with Gasteiger partial charge in [0.1, 0.15) is 0 Å². The maximum atomic E-state index is 5.39. The number of hydrogen-bond donors (Lipinski definition) is 1. The molecule has 19 heavy (non-hydrogen) atoms. The van der Waals surface area contributed by atoms with Crippen molar-refractivity contribution in [1.29, 1.82) is 0 Å². The van der Waals surface area contributed by atoms with Crippen molar-refractivity contribution < 1.29 is 4.74 Å². The molecule has 0 atom stereocenters. The van der Waals surface area contributed by atoms with Gasteiger partial charge in [-0.3, -0.25) is 4.98 Å². The molecular weight excluding hydrogens is 240 g/mol. The standard InChI is InChI=1S/C14H18N4O/c1-3-19-13-9-11(2)17-14(18-13)16-8-6-12-5-4-7-15-10-12/h4-5,7,9-10H,3,6,8H2,1-2H3,(H,16,17,18). The first-order chi connectivity index (χ1) is 9.28. The summed E-state index contributed by atoms with van der Waals surface area (Å²) in [4.78, 5) is 12.7. The van der Waals surface area contributed by atoms with E-state index in [1.807, 2.05) is 32.2 Å². The zero-order valence-electron chi connectivity index (χ0n) is 11.3. The molecule has 0 aliphatic rings. The van der Waals surface area contributed by atoms with Crippen LogP contribution in [0.3, 0.4) is 0 Å². The second-order valence-corrected chi connectivity index (χ2v) is 4.14. The van der Waals surface area contributed by atoms with Gasteiger partial charge in [-0.05, 0) is 31.9 Å². The molecule has 0 unspecified atom stereocenters. The lowest BCUT2D eigenvalue weighted by molar-refractivity contribution is 0.326. The second-order valence-electron chi connectivity index (χ2n) is 4.14. The Bertz CT molecular complexity index is 516. The van der Waals surface area contributed by atoms with Gasteiger partial charge in [-0.2, -0.15) is 4.98 Å². The third-order valence-corrected chi connectivity index (χ3v) is 2.54. The zero-order valence-corrected chi connectivity index (χ0v) is 11.3. The van der Waals surface area contributed by atoms with E-state index in [9.17, 15) is 0 Å². The van der Waals surface area contributed by atoms with Crippen molar-refractivity contribution in [1.82, 2.24) is 15.0 Å². The first-order valence-electron chi connectivity index (χ1n) is 6.39. The average molecular weight is 258 g/mol. The van der Waals surface area contributed by atoms with Crippen molar-refractivity contribution in [3.05, 3.63) is 41.9 Å². The molecule has 0 aliphatic heterocycles. The number of rotatable bonds is 6. The second kappa shape index (κ2) is 6.68. The van der Waals surface area contributed by atoms with E-state index in [0.29, 0.717) is 18.4 Å². The smallest absolute Gasteiger partial charge is 0.226 e. The Balaban J connectivity index is 1.92. The SMILES string of the molecule is CCOc1cc(C)nc(NCCc2cccnc2)n1. The van der Waals surface area contributed by atoms with Crippen LogP contribution in [0.5, 0.6) is 5.88 Å². The molecule has 5 nitrogen and oxygen atoms in total.